The number of para-hydroxylation sites is 1. The van der Waals surface area contributed by atoms with Crippen LogP contribution < -0.4 is 10.1 Å². The maximum Gasteiger partial charge on any atom is 0.337 e. The Hall–Kier alpha value is -2.93. The van der Waals surface area contributed by atoms with Gasteiger partial charge in [0.05, 0.1) is 11.3 Å². The van der Waals surface area contributed by atoms with E-state index < -0.39 is 5.97 Å². The van der Waals surface area contributed by atoms with Crippen molar-refractivity contribution in [1.29, 1.82) is 0 Å². The van der Waals surface area contributed by atoms with Crippen LogP contribution >= 0.6 is 11.3 Å². The average molecular weight is 341 g/mol. The van der Waals surface area contributed by atoms with E-state index in [0.29, 0.717) is 22.4 Å². The second-order valence-corrected chi connectivity index (χ2v) is 6.14. The predicted molar refractivity (Wildman–Crippen MR) is 92.1 cm³/mol. The summed E-state index contributed by atoms with van der Waals surface area (Å²) in [7, 11) is 0. The van der Waals surface area contributed by atoms with Gasteiger partial charge < -0.3 is 15.2 Å². The molecule has 6 nitrogen and oxygen atoms in total. The van der Waals surface area contributed by atoms with Gasteiger partial charge in [0.25, 0.3) is 0 Å². The van der Waals surface area contributed by atoms with Gasteiger partial charge in [-0.1, -0.05) is 41.2 Å². The molecule has 0 fully saturated rings. The number of aryl methyl sites for hydroxylation is 1. The maximum absolute atomic E-state index is 11.2. The lowest BCUT2D eigenvalue weighted by Gasteiger charge is -2.05. The number of carbonyl (C=O) groups is 1. The molecule has 0 bridgehead atoms. The molecule has 0 saturated heterocycles. The van der Waals surface area contributed by atoms with Gasteiger partial charge in [0.2, 0.25) is 5.13 Å². The van der Waals surface area contributed by atoms with E-state index in [1.54, 1.807) is 18.2 Å². The van der Waals surface area contributed by atoms with Crippen molar-refractivity contribution < 1.29 is 14.6 Å². The fraction of sp³-hybridized carbons (Fsp3) is 0.118. The molecule has 0 spiro atoms. The molecule has 2 aromatic carbocycles. The summed E-state index contributed by atoms with van der Waals surface area (Å²) >= 11 is 1.32. The summed E-state index contributed by atoms with van der Waals surface area (Å²) in [6, 6.07) is 14.4. The van der Waals surface area contributed by atoms with Crippen molar-refractivity contribution in [3.63, 3.8) is 0 Å². The molecular weight excluding hydrogens is 326 g/mol. The minimum atomic E-state index is -0.995. The Morgan fingerprint density at radius 3 is 2.67 bits per heavy atom. The monoisotopic (exact) mass is 341 g/mol. The van der Waals surface area contributed by atoms with E-state index in [9.17, 15) is 9.90 Å². The largest absolute Gasteiger partial charge is 0.486 e. The number of aromatic carboxylic acids is 1. The van der Waals surface area contributed by atoms with Crippen molar-refractivity contribution in [3.05, 3.63) is 64.7 Å². The quantitative estimate of drug-likeness (QED) is 0.708. The molecule has 0 unspecified atom stereocenters. The van der Waals surface area contributed by atoms with Crippen LogP contribution in [0.2, 0.25) is 0 Å². The highest BCUT2D eigenvalue weighted by Gasteiger charge is 2.11. The Balaban J connectivity index is 1.65. The number of carboxylic acid groups (broad SMARTS) is 1. The molecule has 24 heavy (non-hydrogen) atoms. The first kappa shape index (κ1) is 15.9. The highest BCUT2D eigenvalue weighted by molar-refractivity contribution is 7.15. The number of hydrogen-bond donors (Lipinski definition) is 2. The second kappa shape index (κ2) is 7.10. The van der Waals surface area contributed by atoms with Gasteiger partial charge in [0.15, 0.2) is 5.01 Å². The average Bonchev–Trinajstić information content (AvgIpc) is 3.02. The third-order valence-electron chi connectivity index (χ3n) is 3.25. The summed E-state index contributed by atoms with van der Waals surface area (Å²) in [6.45, 7) is 2.32. The molecule has 3 aromatic rings. The third-order valence-corrected chi connectivity index (χ3v) is 4.06. The fourth-order valence-corrected chi connectivity index (χ4v) is 2.70. The summed E-state index contributed by atoms with van der Waals surface area (Å²) in [5.74, 6) is -0.230. The van der Waals surface area contributed by atoms with E-state index in [-0.39, 0.29) is 5.56 Å². The second-order valence-electron chi connectivity index (χ2n) is 5.08. The van der Waals surface area contributed by atoms with Crippen LogP contribution in [-0.4, -0.2) is 21.3 Å². The smallest absolute Gasteiger partial charge is 0.337 e. The van der Waals surface area contributed by atoms with Gasteiger partial charge in [-0.3, -0.25) is 0 Å². The number of benzene rings is 2. The van der Waals surface area contributed by atoms with Gasteiger partial charge in [-0.05, 0) is 31.2 Å². The predicted octanol–water partition coefficient (Wildman–Crippen LogP) is 3.87. The number of rotatable bonds is 6. The Morgan fingerprint density at radius 2 is 1.92 bits per heavy atom. The molecule has 0 atom stereocenters. The summed E-state index contributed by atoms with van der Waals surface area (Å²) in [6.07, 6.45) is 0. The van der Waals surface area contributed by atoms with Crippen molar-refractivity contribution in [2.45, 2.75) is 13.5 Å². The van der Waals surface area contributed by atoms with Crippen LogP contribution in [0.25, 0.3) is 0 Å². The zero-order valence-electron chi connectivity index (χ0n) is 12.9. The lowest BCUT2D eigenvalue weighted by Crippen LogP contribution is -2.02. The van der Waals surface area contributed by atoms with E-state index in [0.717, 1.165) is 5.75 Å². The minimum Gasteiger partial charge on any atom is -0.486 e. The Kier molecular flexibility index (Phi) is 4.72. The minimum absolute atomic E-state index is 0.185. The van der Waals surface area contributed by atoms with Crippen molar-refractivity contribution in [3.8, 4) is 5.75 Å². The lowest BCUT2D eigenvalue weighted by atomic mass is 10.2. The topological polar surface area (TPSA) is 84.3 Å². The van der Waals surface area contributed by atoms with Gasteiger partial charge >= 0.3 is 5.97 Å². The first-order valence-corrected chi connectivity index (χ1v) is 8.04. The molecule has 122 valence electrons. The molecule has 0 aliphatic rings. The highest BCUT2D eigenvalue weighted by atomic mass is 32.1. The number of anilines is 2. The molecule has 0 saturated carbocycles. The number of hydrogen-bond acceptors (Lipinski definition) is 6. The fourth-order valence-electron chi connectivity index (χ4n) is 2.04. The molecule has 7 heteroatoms. The van der Waals surface area contributed by atoms with Crippen LogP contribution in [-0.2, 0) is 6.61 Å². The van der Waals surface area contributed by atoms with Gasteiger partial charge in [0, 0.05) is 0 Å². The Morgan fingerprint density at radius 1 is 1.17 bits per heavy atom. The van der Waals surface area contributed by atoms with E-state index in [1.165, 1.54) is 23.0 Å². The van der Waals surface area contributed by atoms with Crippen LogP contribution in [0.4, 0.5) is 10.8 Å². The lowest BCUT2D eigenvalue weighted by molar-refractivity contribution is 0.0698. The van der Waals surface area contributed by atoms with E-state index in [4.69, 9.17) is 4.74 Å². The van der Waals surface area contributed by atoms with Gasteiger partial charge in [-0.25, -0.2) is 4.79 Å². The molecule has 0 radical (unpaired) electrons. The summed E-state index contributed by atoms with van der Waals surface area (Å²) in [5, 5.41) is 21.5. The van der Waals surface area contributed by atoms with E-state index in [1.807, 2.05) is 31.2 Å². The zero-order valence-corrected chi connectivity index (χ0v) is 13.7. The van der Waals surface area contributed by atoms with Crippen LogP contribution in [0.15, 0.2) is 48.5 Å². The normalized spacial score (nSPS) is 10.4. The summed E-state index contributed by atoms with van der Waals surface area (Å²) in [4.78, 5) is 11.2. The standard InChI is InChI=1S/C17H15N3O3S/c1-11-6-8-12(9-7-11)23-10-15-19-20-17(24-15)18-14-5-3-2-4-13(14)16(21)22/h2-9H,10H2,1H3,(H,18,20)(H,21,22). The van der Waals surface area contributed by atoms with Gasteiger partial charge in [-0.15, -0.1) is 10.2 Å². The first-order valence-electron chi connectivity index (χ1n) is 7.23. The van der Waals surface area contributed by atoms with Crippen LogP contribution in [0.5, 0.6) is 5.75 Å². The molecule has 0 aliphatic carbocycles. The Bertz CT molecular complexity index is 846. The van der Waals surface area contributed by atoms with Crippen molar-refractivity contribution in [2.24, 2.45) is 0 Å². The molecule has 3 rings (SSSR count). The Labute approximate surface area is 142 Å². The van der Waals surface area contributed by atoms with E-state index >= 15 is 0 Å². The van der Waals surface area contributed by atoms with Crippen LogP contribution in [0.3, 0.4) is 0 Å². The molecule has 1 heterocycles. The number of nitrogens with zero attached hydrogens (tertiary/aromatic N) is 2. The van der Waals surface area contributed by atoms with Crippen molar-refractivity contribution >= 4 is 28.1 Å². The van der Waals surface area contributed by atoms with Crippen molar-refractivity contribution in [2.75, 3.05) is 5.32 Å². The highest BCUT2D eigenvalue weighted by Crippen LogP contribution is 2.24. The molecule has 1 aromatic heterocycles. The van der Waals surface area contributed by atoms with Crippen LogP contribution in [0, 0.1) is 6.92 Å². The molecular formula is C17H15N3O3S. The number of carboxylic acids is 1. The first-order chi connectivity index (χ1) is 11.6. The summed E-state index contributed by atoms with van der Waals surface area (Å²) < 4.78 is 5.66. The SMILES string of the molecule is Cc1ccc(OCc2nnc(Nc3ccccc3C(=O)O)s2)cc1. The number of aromatic nitrogens is 2. The zero-order chi connectivity index (χ0) is 16.9. The number of ether oxygens (including phenoxy) is 1. The third kappa shape index (κ3) is 3.88. The molecule has 2 N–H and O–H groups in total. The van der Waals surface area contributed by atoms with E-state index in [2.05, 4.69) is 15.5 Å². The van der Waals surface area contributed by atoms with Crippen LogP contribution in [0.1, 0.15) is 20.9 Å². The number of nitrogens with one attached hydrogen (secondary N) is 1. The van der Waals surface area contributed by atoms with Crippen molar-refractivity contribution in [1.82, 2.24) is 10.2 Å². The molecule has 0 aliphatic heterocycles. The van der Waals surface area contributed by atoms with Gasteiger partial charge in [0.1, 0.15) is 12.4 Å². The maximum atomic E-state index is 11.2. The van der Waals surface area contributed by atoms with Gasteiger partial charge in [-0.2, -0.15) is 0 Å². The summed E-state index contributed by atoms with van der Waals surface area (Å²) in [5.41, 5.74) is 1.83. The molecule has 0 amide bonds.